The molecular formula is C27H31F6NO2. The fraction of sp³-hybridized carbons (Fsp3) is 0.519. The number of alkyl halides is 6. The van der Waals surface area contributed by atoms with Crippen molar-refractivity contribution in [3.8, 4) is 0 Å². The number of carbonyl (C=O) groups is 1. The number of hydrogen-bond acceptors (Lipinski definition) is 2. The van der Waals surface area contributed by atoms with Crippen LogP contribution in [0.15, 0.2) is 48.5 Å². The van der Waals surface area contributed by atoms with Crippen LogP contribution < -0.4 is 0 Å². The lowest BCUT2D eigenvalue weighted by atomic mass is 9.82. The Morgan fingerprint density at radius 1 is 0.917 bits per heavy atom. The van der Waals surface area contributed by atoms with Crippen molar-refractivity contribution >= 4 is 5.97 Å². The molecule has 1 saturated heterocycles. The number of likely N-dealkylation sites (tertiary alicyclic amines) is 1. The molecule has 1 aliphatic rings. The van der Waals surface area contributed by atoms with Gasteiger partial charge in [-0.25, -0.2) is 0 Å². The van der Waals surface area contributed by atoms with Gasteiger partial charge in [-0.15, -0.1) is 0 Å². The van der Waals surface area contributed by atoms with Crippen molar-refractivity contribution < 1.29 is 36.2 Å². The maximum atomic E-state index is 13.1. The minimum atomic E-state index is -4.48. The highest BCUT2D eigenvalue weighted by molar-refractivity contribution is 5.67. The van der Waals surface area contributed by atoms with E-state index in [1.54, 1.807) is 0 Å². The van der Waals surface area contributed by atoms with E-state index in [9.17, 15) is 36.2 Å². The molecule has 1 fully saturated rings. The number of halogens is 6. The molecule has 0 aliphatic carbocycles. The Balaban J connectivity index is 1.99. The van der Waals surface area contributed by atoms with Gasteiger partial charge in [-0.1, -0.05) is 38.1 Å². The van der Waals surface area contributed by atoms with Gasteiger partial charge < -0.3 is 5.11 Å². The first kappa shape index (κ1) is 28.0. The Morgan fingerprint density at radius 3 is 1.92 bits per heavy atom. The van der Waals surface area contributed by atoms with Gasteiger partial charge in [0.1, 0.15) is 0 Å². The average Bonchev–Trinajstić information content (AvgIpc) is 2.78. The molecule has 0 aromatic heterocycles. The molecule has 1 N–H and O–H groups in total. The van der Waals surface area contributed by atoms with Crippen molar-refractivity contribution in [1.29, 1.82) is 0 Å². The fourth-order valence-electron chi connectivity index (χ4n) is 4.99. The molecule has 2 aromatic rings. The largest absolute Gasteiger partial charge is 0.481 e. The second-order valence-corrected chi connectivity index (χ2v) is 9.97. The summed E-state index contributed by atoms with van der Waals surface area (Å²) in [6.45, 7) is 4.60. The van der Waals surface area contributed by atoms with Crippen molar-refractivity contribution in [3.63, 3.8) is 0 Å². The Kier molecular flexibility index (Phi) is 8.75. The van der Waals surface area contributed by atoms with E-state index in [-0.39, 0.29) is 24.4 Å². The van der Waals surface area contributed by atoms with Gasteiger partial charge in [-0.05, 0) is 79.5 Å². The molecule has 3 nitrogen and oxygen atoms in total. The highest BCUT2D eigenvalue weighted by Gasteiger charge is 2.37. The summed E-state index contributed by atoms with van der Waals surface area (Å²) >= 11 is 0. The van der Waals surface area contributed by atoms with Crippen molar-refractivity contribution in [2.24, 2.45) is 11.8 Å². The van der Waals surface area contributed by atoms with Crippen LogP contribution in [0, 0.1) is 11.8 Å². The molecule has 0 radical (unpaired) electrons. The molecule has 3 rings (SSSR count). The minimum Gasteiger partial charge on any atom is -0.481 e. The summed E-state index contributed by atoms with van der Waals surface area (Å²) in [5.74, 6) is -0.737. The second kappa shape index (κ2) is 11.2. The normalized spacial score (nSPS) is 20.5. The molecule has 0 saturated carbocycles. The molecular weight excluding hydrogens is 484 g/mol. The number of nitrogens with zero attached hydrogens (tertiary/aromatic N) is 1. The van der Waals surface area contributed by atoms with Crippen molar-refractivity contribution in [1.82, 2.24) is 4.90 Å². The zero-order valence-corrected chi connectivity index (χ0v) is 20.2. The molecule has 1 aliphatic heterocycles. The van der Waals surface area contributed by atoms with Crippen LogP contribution >= 0.6 is 0 Å². The fourth-order valence-corrected chi connectivity index (χ4v) is 4.99. The Morgan fingerprint density at radius 2 is 1.44 bits per heavy atom. The lowest BCUT2D eigenvalue weighted by Crippen LogP contribution is -2.40. The summed E-state index contributed by atoms with van der Waals surface area (Å²) in [4.78, 5) is 13.5. The lowest BCUT2D eigenvalue weighted by molar-refractivity contribution is -0.139. The first-order valence-corrected chi connectivity index (χ1v) is 12.1. The van der Waals surface area contributed by atoms with Crippen LogP contribution in [0.25, 0.3) is 0 Å². The van der Waals surface area contributed by atoms with Gasteiger partial charge in [0.25, 0.3) is 0 Å². The zero-order chi connectivity index (χ0) is 26.7. The topological polar surface area (TPSA) is 40.5 Å². The van der Waals surface area contributed by atoms with Crippen LogP contribution in [0.3, 0.4) is 0 Å². The summed E-state index contributed by atoms with van der Waals surface area (Å²) in [6.07, 6.45) is -6.48. The third kappa shape index (κ3) is 7.24. The van der Waals surface area contributed by atoms with Gasteiger partial charge in [-0.2, -0.15) is 26.3 Å². The number of aliphatic carboxylic acids is 1. The van der Waals surface area contributed by atoms with Gasteiger partial charge in [0, 0.05) is 18.5 Å². The van der Waals surface area contributed by atoms with Crippen LogP contribution in [0.5, 0.6) is 0 Å². The number of hydrogen-bond donors (Lipinski definition) is 1. The third-order valence-corrected chi connectivity index (χ3v) is 6.88. The predicted molar refractivity (Wildman–Crippen MR) is 124 cm³/mol. The number of carboxylic acids is 1. The lowest BCUT2D eigenvalue weighted by Gasteiger charge is -2.44. The summed E-state index contributed by atoms with van der Waals surface area (Å²) in [5.41, 5.74) is -0.167. The summed E-state index contributed by atoms with van der Waals surface area (Å²) < 4.78 is 78.8. The Bertz CT molecular complexity index is 999. The number of rotatable bonds is 8. The molecule has 0 bridgehead atoms. The predicted octanol–water partition coefficient (Wildman–Crippen LogP) is 8.13. The van der Waals surface area contributed by atoms with Crippen LogP contribution in [0.1, 0.15) is 80.3 Å². The summed E-state index contributed by atoms with van der Waals surface area (Å²) in [5, 5.41) is 9.31. The van der Waals surface area contributed by atoms with E-state index in [1.807, 2.05) is 0 Å². The van der Waals surface area contributed by atoms with Gasteiger partial charge >= 0.3 is 18.3 Å². The van der Waals surface area contributed by atoms with Crippen molar-refractivity contribution in [2.75, 3.05) is 6.54 Å². The Hall–Kier alpha value is -2.55. The van der Waals surface area contributed by atoms with E-state index in [0.717, 1.165) is 30.7 Å². The zero-order valence-electron chi connectivity index (χ0n) is 20.2. The number of carboxylic acid groups (broad SMARTS) is 1. The highest BCUT2D eigenvalue weighted by Crippen LogP contribution is 2.43. The van der Waals surface area contributed by atoms with Gasteiger partial charge in [0.2, 0.25) is 0 Å². The monoisotopic (exact) mass is 515 g/mol. The van der Waals surface area contributed by atoms with E-state index in [0.29, 0.717) is 42.9 Å². The van der Waals surface area contributed by atoms with E-state index < -0.39 is 29.4 Å². The van der Waals surface area contributed by atoms with Gasteiger partial charge in [0.15, 0.2) is 0 Å². The van der Waals surface area contributed by atoms with E-state index in [2.05, 4.69) is 18.7 Å². The Labute approximate surface area is 207 Å². The minimum absolute atomic E-state index is 0.0398. The number of piperidine rings is 1. The standard InChI is InChI=1S/C27H31F6NO2/c1-17(2)3-12-23(19-4-8-21(9-5-19)26(28,29)30)34-14-13-18(16-25(35)36)15-24(34)20-6-10-22(11-7-20)27(31,32)33/h4-11,17-18,23-24H,3,12-16H2,1-2H3,(H,35,36)/t18-,23-,24+/m0/s1. The molecule has 0 spiro atoms. The first-order valence-electron chi connectivity index (χ1n) is 12.1. The van der Waals surface area contributed by atoms with Crippen LogP contribution in [-0.2, 0) is 17.1 Å². The first-order chi connectivity index (χ1) is 16.8. The molecule has 1 heterocycles. The molecule has 9 heteroatoms. The van der Waals surface area contributed by atoms with Crippen LogP contribution in [0.2, 0.25) is 0 Å². The third-order valence-electron chi connectivity index (χ3n) is 6.88. The van der Waals surface area contributed by atoms with E-state index in [1.165, 1.54) is 24.3 Å². The molecule has 3 atom stereocenters. The average molecular weight is 516 g/mol. The summed E-state index contributed by atoms with van der Waals surface area (Å²) in [6, 6.07) is 9.35. The van der Waals surface area contributed by atoms with Gasteiger partial charge in [-0.3, -0.25) is 9.69 Å². The van der Waals surface area contributed by atoms with Gasteiger partial charge in [0.05, 0.1) is 11.1 Å². The second-order valence-electron chi connectivity index (χ2n) is 9.97. The molecule has 0 amide bonds. The van der Waals surface area contributed by atoms with E-state index in [4.69, 9.17) is 0 Å². The molecule has 2 aromatic carbocycles. The highest BCUT2D eigenvalue weighted by atomic mass is 19.4. The smallest absolute Gasteiger partial charge is 0.416 e. The SMILES string of the molecule is CC(C)CC[C@@H](c1ccc(C(F)(F)F)cc1)N1CC[C@H](CC(=O)O)C[C@@H]1c1ccc(C(F)(F)F)cc1. The maximum absolute atomic E-state index is 13.1. The van der Waals surface area contributed by atoms with Crippen molar-refractivity contribution in [2.45, 2.75) is 70.4 Å². The van der Waals surface area contributed by atoms with E-state index >= 15 is 0 Å². The summed E-state index contributed by atoms with van der Waals surface area (Å²) in [7, 11) is 0. The molecule has 36 heavy (non-hydrogen) atoms. The van der Waals surface area contributed by atoms with Crippen LogP contribution in [-0.4, -0.2) is 22.5 Å². The quantitative estimate of drug-likeness (QED) is 0.361. The molecule has 0 unspecified atom stereocenters. The van der Waals surface area contributed by atoms with Crippen LogP contribution in [0.4, 0.5) is 26.3 Å². The maximum Gasteiger partial charge on any atom is 0.416 e. The molecule has 198 valence electrons. The number of benzene rings is 2. The van der Waals surface area contributed by atoms with Crippen molar-refractivity contribution in [3.05, 3.63) is 70.8 Å².